The molecule has 0 bridgehead atoms. The number of fused-ring (bicyclic) bond motifs is 1. The lowest BCUT2D eigenvalue weighted by Gasteiger charge is -2.06. The summed E-state index contributed by atoms with van der Waals surface area (Å²) in [4.78, 5) is 22.2. The Kier molecular flexibility index (Phi) is 6.78. The average Bonchev–Trinajstić information content (AvgIpc) is 3.36. The van der Waals surface area contributed by atoms with E-state index in [4.69, 9.17) is 10.1 Å². The number of aromatic nitrogens is 2. The Morgan fingerprint density at radius 3 is 2.45 bits per heavy atom. The molecule has 0 unspecified atom stereocenters. The molecule has 0 atom stereocenters. The minimum atomic E-state index is -4.36. The molecule has 1 N–H and O–H groups in total. The molecule has 0 aliphatic heterocycles. The predicted molar refractivity (Wildman–Crippen MR) is 127 cm³/mol. The molecule has 10 heteroatoms. The van der Waals surface area contributed by atoms with Gasteiger partial charge in [0.25, 0.3) is 0 Å². The largest absolute Gasteiger partial charge is 0.481 e. The van der Waals surface area contributed by atoms with Crippen molar-refractivity contribution in [3.63, 3.8) is 0 Å². The van der Waals surface area contributed by atoms with Crippen molar-refractivity contribution in [3.8, 4) is 10.6 Å². The van der Waals surface area contributed by atoms with Gasteiger partial charge in [0.2, 0.25) is 0 Å². The van der Waals surface area contributed by atoms with Gasteiger partial charge in [-0.1, -0.05) is 18.2 Å². The van der Waals surface area contributed by atoms with Crippen LogP contribution in [-0.4, -0.2) is 21.0 Å². The number of carboxylic acids is 1. The van der Waals surface area contributed by atoms with E-state index < -0.39 is 17.7 Å². The van der Waals surface area contributed by atoms with Crippen molar-refractivity contribution < 1.29 is 23.1 Å². The third-order valence-electron chi connectivity index (χ3n) is 5.01. The third kappa shape index (κ3) is 5.39. The summed E-state index contributed by atoms with van der Waals surface area (Å²) < 4.78 is 39.5. The first-order chi connectivity index (χ1) is 15.6. The Hall–Kier alpha value is -2.43. The fourth-order valence-electron chi connectivity index (χ4n) is 3.22. The Balaban J connectivity index is 1.53. The molecule has 2 aromatic heterocycles. The van der Waals surface area contributed by atoms with Crippen molar-refractivity contribution in [1.82, 2.24) is 9.97 Å². The van der Waals surface area contributed by atoms with Gasteiger partial charge in [0.1, 0.15) is 5.01 Å². The molecule has 0 amide bonds. The van der Waals surface area contributed by atoms with Crippen molar-refractivity contribution in [3.05, 3.63) is 63.1 Å². The van der Waals surface area contributed by atoms with Crippen LogP contribution in [0.1, 0.15) is 33.1 Å². The lowest BCUT2D eigenvalue weighted by Crippen LogP contribution is -2.03. The van der Waals surface area contributed by atoms with Crippen molar-refractivity contribution in [2.45, 2.75) is 43.5 Å². The number of benzene rings is 2. The van der Waals surface area contributed by atoms with Gasteiger partial charge in [0, 0.05) is 27.5 Å². The quantitative estimate of drug-likeness (QED) is 0.264. The van der Waals surface area contributed by atoms with Crippen LogP contribution in [0.2, 0.25) is 0 Å². The van der Waals surface area contributed by atoms with Crippen LogP contribution in [-0.2, 0) is 23.1 Å². The average molecular weight is 509 g/mol. The van der Waals surface area contributed by atoms with E-state index in [2.05, 4.69) is 4.98 Å². The number of rotatable bonds is 7. The molecule has 4 rings (SSSR count). The summed E-state index contributed by atoms with van der Waals surface area (Å²) >= 11 is 4.63. The van der Waals surface area contributed by atoms with Crippen molar-refractivity contribution in [2.24, 2.45) is 0 Å². The Labute approximate surface area is 200 Å². The Morgan fingerprint density at radius 2 is 1.79 bits per heavy atom. The summed E-state index contributed by atoms with van der Waals surface area (Å²) in [7, 11) is 0. The van der Waals surface area contributed by atoms with E-state index in [0.717, 1.165) is 48.4 Å². The summed E-state index contributed by atoms with van der Waals surface area (Å²) in [5.41, 5.74) is 2.83. The van der Waals surface area contributed by atoms with E-state index in [0.29, 0.717) is 22.7 Å². The van der Waals surface area contributed by atoms with Gasteiger partial charge in [-0.05, 0) is 37.6 Å². The van der Waals surface area contributed by atoms with Crippen LogP contribution in [0, 0.1) is 13.8 Å². The third-order valence-corrected chi connectivity index (χ3v) is 8.72. The van der Waals surface area contributed by atoms with E-state index >= 15 is 0 Å². The number of thiazole rings is 2. The number of nitrogens with zero attached hydrogens (tertiary/aromatic N) is 2. The molecule has 33 heavy (non-hydrogen) atoms. The van der Waals surface area contributed by atoms with Gasteiger partial charge in [-0.25, -0.2) is 9.97 Å². The molecule has 4 aromatic rings. The zero-order valence-corrected chi connectivity index (χ0v) is 20.1. The summed E-state index contributed by atoms with van der Waals surface area (Å²) in [5.74, 6) is -0.185. The topological polar surface area (TPSA) is 63.1 Å². The smallest absolute Gasteiger partial charge is 0.416 e. The highest BCUT2D eigenvalue weighted by Gasteiger charge is 2.30. The molecule has 0 fully saturated rings. The van der Waals surface area contributed by atoms with E-state index in [1.54, 1.807) is 11.8 Å². The normalized spacial score (nSPS) is 11.9. The maximum absolute atomic E-state index is 12.8. The fraction of sp³-hybridized carbons (Fsp3) is 0.261. The van der Waals surface area contributed by atoms with Crippen molar-refractivity contribution in [1.29, 1.82) is 0 Å². The second kappa shape index (κ2) is 9.44. The number of hydrogen-bond acceptors (Lipinski definition) is 6. The molecule has 0 aliphatic rings. The molecular weight excluding hydrogens is 489 g/mol. The number of alkyl halides is 3. The second-order valence-corrected chi connectivity index (χ2v) is 10.6. The van der Waals surface area contributed by atoms with Gasteiger partial charge < -0.3 is 5.11 Å². The highest BCUT2D eigenvalue weighted by atomic mass is 32.2. The standard InChI is InChI=1S/C23H19F3N2O2S3/c1-12-3-8-16(20-21(12)33-18(28-20)9-10-19(29)30)31-11-17-13(2)27-22(32-17)14-4-6-15(7-5-14)23(24,25)26/h3-8H,9-11H2,1-2H3,(H,29,30). The van der Waals surface area contributed by atoms with Gasteiger partial charge in [-0.2, -0.15) is 13.2 Å². The maximum atomic E-state index is 12.8. The number of halogens is 3. The monoisotopic (exact) mass is 508 g/mol. The molecule has 172 valence electrons. The van der Waals surface area contributed by atoms with Crippen LogP contribution in [0.4, 0.5) is 13.2 Å². The van der Waals surface area contributed by atoms with E-state index in [1.807, 2.05) is 26.0 Å². The lowest BCUT2D eigenvalue weighted by molar-refractivity contribution is -0.138. The first-order valence-electron chi connectivity index (χ1n) is 9.99. The zero-order valence-electron chi connectivity index (χ0n) is 17.7. The lowest BCUT2D eigenvalue weighted by atomic mass is 10.1. The zero-order chi connectivity index (χ0) is 23.8. The van der Waals surface area contributed by atoms with Crippen LogP contribution in [0.3, 0.4) is 0 Å². The van der Waals surface area contributed by atoms with Crippen LogP contribution in [0.25, 0.3) is 20.8 Å². The van der Waals surface area contributed by atoms with E-state index in [9.17, 15) is 18.0 Å². The van der Waals surface area contributed by atoms with Crippen LogP contribution < -0.4 is 0 Å². The summed E-state index contributed by atoms with van der Waals surface area (Å²) in [5, 5.41) is 10.4. The number of carbonyl (C=O) groups is 1. The van der Waals surface area contributed by atoms with Gasteiger partial charge in [-0.15, -0.1) is 34.4 Å². The number of thioether (sulfide) groups is 1. The number of hydrogen-bond donors (Lipinski definition) is 1. The highest BCUT2D eigenvalue weighted by Crippen LogP contribution is 2.38. The van der Waals surface area contributed by atoms with Crippen LogP contribution >= 0.6 is 34.4 Å². The van der Waals surface area contributed by atoms with E-state index in [1.165, 1.54) is 34.8 Å². The predicted octanol–water partition coefficient (Wildman–Crippen LogP) is 7.36. The Bertz CT molecular complexity index is 1310. The van der Waals surface area contributed by atoms with Gasteiger partial charge in [0.15, 0.2) is 0 Å². The van der Waals surface area contributed by atoms with Crippen LogP contribution in [0.5, 0.6) is 0 Å². The summed E-state index contributed by atoms with van der Waals surface area (Å²) in [6.07, 6.45) is -3.90. The van der Waals surface area contributed by atoms with E-state index in [-0.39, 0.29) is 6.42 Å². The number of carboxylic acid groups (broad SMARTS) is 1. The Morgan fingerprint density at radius 1 is 1.06 bits per heavy atom. The summed E-state index contributed by atoms with van der Waals surface area (Å²) in [6.45, 7) is 3.91. The SMILES string of the molecule is Cc1nc(-c2ccc(C(F)(F)F)cc2)sc1CSc1ccc(C)c2sc(CCC(=O)O)nc12. The first kappa shape index (κ1) is 23.7. The number of aryl methyl sites for hydroxylation is 3. The van der Waals surface area contributed by atoms with Crippen LogP contribution in [0.15, 0.2) is 41.3 Å². The molecule has 2 heterocycles. The molecule has 2 aromatic carbocycles. The fourth-order valence-corrected chi connectivity index (χ4v) is 6.56. The van der Waals surface area contributed by atoms with Gasteiger partial charge >= 0.3 is 12.1 Å². The minimum absolute atomic E-state index is 0.0497. The maximum Gasteiger partial charge on any atom is 0.416 e. The molecule has 4 nitrogen and oxygen atoms in total. The molecule has 0 saturated carbocycles. The van der Waals surface area contributed by atoms with Crippen molar-refractivity contribution >= 4 is 50.6 Å². The van der Waals surface area contributed by atoms with Crippen molar-refractivity contribution in [2.75, 3.05) is 0 Å². The second-order valence-electron chi connectivity index (χ2n) is 7.45. The first-order valence-corrected chi connectivity index (χ1v) is 12.6. The van der Waals surface area contributed by atoms with Gasteiger partial charge in [-0.3, -0.25) is 4.79 Å². The summed E-state index contributed by atoms with van der Waals surface area (Å²) in [6, 6.07) is 9.12. The van der Waals surface area contributed by atoms with Gasteiger partial charge in [0.05, 0.1) is 32.9 Å². The molecule has 0 spiro atoms. The minimum Gasteiger partial charge on any atom is -0.481 e. The highest BCUT2D eigenvalue weighted by molar-refractivity contribution is 7.98. The molecular formula is C23H19F3N2O2S3. The molecule has 0 saturated heterocycles. The molecule has 0 aliphatic carbocycles. The number of aliphatic carboxylic acids is 1. The molecule has 0 radical (unpaired) electrons.